The standard InChI is InChI=1S/C52H31N3O2/c1-3-15-33(16-4-1)52(34-17-5-2-6-18-34)42-25-10-7-21-39(42)47-40(23-14-26-43(47)52)50-53-49(32-29-30-37-35-19-8-11-27-44(35)56-46(37)31-32)54-51(55-50)41-24-13-22-38-36-20-9-12-28-45(36)57-48(38)41/h1-31H. The molecule has 0 unspecified atom stereocenters. The van der Waals surface area contributed by atoms with Crippen LogP contribution in [0.5, 0.6) is 0 Å². The predicted molar refractivity (Wildman–Crippen MR) is 228 cm³/mol. The van der Waals surface area contributed by atoms with E-state index in [4.69, 9.17) is 23.8 Å². The Hall–Kier alpha value is -7.63. The summed E-state index contributed by atoms with van der Waals surface area (Å²) in [5.41, 5.74) is 12.3. The number of hydrogen-bond donors (Lipinski definition) is 0. The first-order valence-electron chi connectivity index (χ1n) is 19.2. The lowest BCUT2D eigenvalue weighted by atomic mass is 9.67. The van der Waals surface area contributed by atoms with E-state index in [9.17, 15) is 0 Å². The first-order valence-corrected chi connectivity index (χ1v) is 19.2. The van der Waals surface area contributed by atoms with Crippen LogP contribution in [0.15, 0.2) is 197 Å². The largest absolute Gasteiger partial charge is 0.456 e. The van der Waals surface area contributed by atoms with E-state index in [0.29, 0.717) is 17.5 Å². The maximum absolute atomic E-state index is 6.55. The molecule has 3 heterocycles. The molecule has 5 nitrogen and oxygen atoms in total. The summed E-state index contributed by atoms with van der Waals surface area (Å²) in [6.07, 6.45) is 0. The zero-order chi connectivity index (χ0) is 37.5. The molecule has 0 radical (unpaired) electrons. The quantitative estimate of drug-likeness (QED) is 0.176. The van der Waals surface area contributed by atoms with Gasteiger partial charge in [-0.3, -0.25) is 0 Å². The van der Waals surface area contributed by atoms with Gasteiger partial charge in [-0.15, -0.1) is 0 Å². The van der Waals surface area contributed by atoms with E-state index >= 15 is 0 Å². The summed E-state index contributed by atoms with van der Waals surface area (Å²) in [6, 6.07) is 65.7. The van der Waals surface area contributed by atoms with Crippen molar-refractivity contribution in [3.05, 3.63) is 210 Å². The predicted octanol–water partition coefficient (Wildman–Crippen LogP) is 13.0. The van der Waals surface area contributed by atoms with Crippen molar-refractivity contribution in [2.24, 2.45) is 0 Å². The van der Waals surface area contributed by atoms with Crippen molar-refractivity contribution >= 4 is 43.9 Å². The van der Waals surface area contributed by atoms with Crippen molar-refractivity contribution in [3.8, 4) is 45.3 Å². The molecule has 5 heteroatoms. The van der Waals surface area contributed by atoms with Gasteiger partial charge in [0.2, 0.25) is 0 Å². The maximum Gasteiger partial charge on any atom is 0.167 e. The average Bonchev–Trinajstić information content (AvgIpc) is 3.95. The molecule has 0 saturated heterocycles. The lowest BCUT2D eigenvalue weighted by Gasteiger charge is -2.33. The summed E-state index contributed by atoms with van der Waals surface area (Å²) >= 11 is 0. The van der Waals surface area contributed by atoms with Crippen LogP contribution < -0.4 is 0 Å². The monoisotopic (exact) mass is 729 g/mol. The third-order valence-corrected chi connectivity index (χ3v) is 11.6. The Morgan fingerprint density at radius 2 is 0.877 bits per heavy atom. The summed E-state index contributed by atoms with van der Waals surface area (Å²) in [5.74, 6) is 1.66. The van der Waals surface area contributed by atoms with E-state index in [1.807, 2.05) is 54.6 Å². The molecule has 266 valence electrons. The van der Waals surface area contributed by atoms with Gasteiger partial charge in [0.1, 0.15) is 22.3 Å². The molecule has 0 amide bonds. The van der Waals surface area contributed by atoms with E-state index in [1.54, 1.807) is 0 Å². The number of fused-ring (bicyclic) bond motifs is 9. The molecule has 0 N–H and O–H groups in total. The minimum atomic E-state index is -0.560. The van der Waals surface area contributed by atoms with Gasteiger partial charge in [-0.25, -0.2) is 15.0 Å². The Morgan fingerprint density at radius 1 is 0.351 bits per heavy atom. The third kappa shape index (κ3) is 4.60. The average molecular weight is 730 g/mol. The molecule has 1 aliphatic carbocycles. The summed E-state index contributed by atoms with van der Waals surface area (Å²) in [4.78, 5) is 15.9. The number of furan rings is 2. The van der Waals surface area contributed by atoms with E-state index in [0.717, 1.165) is 71.7 Å². The van der Waals surface area contributed by atoms with Crippen molar-refractivity contribution in [1.29, 1.82) is 0 Å². The molecule has 0 saturated carbocycles. The minimum absolute atomic E-state index is 0.533. The van der Waals surface area contributed by atoms with E-state index in [2.05, 4.69) is 133 Å². The second-order valence-corrected chi connectivity index (χ2v) is 14.7. The number of benzene rings is 8. The Bertz CT molecular complexity index is 3320. The molecule has 0 bridgehead atoms. The topological polar surface area (TPSA) is 65.0 Å². The van der Waals surface area contributed by atoms with Crippen LogP contribution in [0, 0.1) is 0 Å². The lowest BCUT2D eigenvalue weighted by Crippen LogP contribution is -2.28. The summed E-state index contributed by atoms with van der Waals surface area (Å²) in [6.45, 7) is 0. The van der Waals surface area contributed by atoms with E-state index in [-0.39, 0.29) is 0 Å². The molecule has 0 fully saturated rings. The first-order chi connectivity index (χ1) is 28.3. The van der Waals surface area contributed by atoms with Crippen LogP contribution in [0.1, 0.15) is 22.3 Å². The number of aromatic nitrogens is 3. The molecule has 3 aromatic heterocycles. The highest BCUT2D eigenvalue weighted by Gasteiger charge is 2.47. The van der Waals surface area contributed by atoms with Crippen LogP contribution in [0.4, 0.5) is 0 Å². The highest BCUT2D eigenvalue weighted by atomic mass is 16.3. The van der Waals surface area contributed by atoms with E-state index in [1.165, 1.54) is 22.3 Å². The van der Waals surface area contributed by atoms with Crippen molar-refractivity contribution in [2.45, 2.75) is 5.41 Å². The van der Waals surface area contributed by atoms with Crippen LogP contribution in [0.3, 0.4) is 0 Å². The van der Waals surface area contributed by atoms with Crippen LogP contribution in [-0.4, -0.2) is 15.0 Å². The molecule has 1 aliphatic rings. The fourth-order valence-corrected chi connectivity index (χ4v) is 9.21. The highest BCUT2D eigenvalue weighted by molar-refractivity contribution is 6.09. The lowest BCUT2D eigenvalue weighted by molar-refractivity contribution is 0.668. The van der Waals surface area contributed by atoms with Crippen molar-refractivity contribution in [3.63, 3.8) is 0 Å². The highest BCUT2D eigenvalue weighted by Crippen LogP contribution is 2.58. The molecule has 57 heavy (non-hydrogen) atoms. The molecule has 11 aromatic rings. The van der Waals surface area contributed by atoms with Gasteiger partial charge in [0.15, 0.2) is 17.5 Å². The van der Waals surface area contributed by atoms with Crippen LogP contribution in [-0.2, 0) is 5.41 Å². The molecular formula is C52H31N3O2. The SMILES string of the molecule is c1ccc(C2(c3ccccc3)c3ccccc3-c3c(-c4nc(-c5ccc6c(c5)oc5ccccc56)nc(-c5cccc6c5oc5ccccc56)n4)cccc32)cc1. The second-order valence-electron chi connectivity index (χ2n) is 14.7. The van der Waals surface area contributed by atoms with Gasteiger partial charge in [-0.1, -0.05) is 158 Å². The van der Waals surface area contributed by atoms with Crippen molar-refractivity contribution < 1.29 is 8.83 Å². The zero-order valence-corrected chi connectivity index (χ0v) is 30.6. The second kappa shape index (κ2) is 12.2. The van der Waals surface area contributed by atoms with Gasteiger partial charge in [-0.2, -0.15) is 0 Å². The Kier molecular flexibility index (Phi) is 6.78. The van der Waals surface area contributed by atoms with Crippen LogP contribution >= 0.6 is 0 Å². The molecule has 0 aliphatic heterocycles. The smallest absolute Gasteiger partial charge is 0.167 e. The number of nitrogens with zero attached hydrogens (tertiary/aromatic N) is 3. The molecular weight excluding hydrogens is 699 g/mol. The van der Waals surface area contributed by atoms with Gasteiger partial charge in [0, 0.05) is 32.7 Å². The van der Waals surface area contributed by atoms with Crippen molar-refractivity contribution in [2.75, 3.05) is 0 Å². The fourth-order valence-electron chi connectivity index (χ4n) is 9.21. The summed E-state index contributed by atoms with van der Waals surface area (Å²) < 4.78 is 12.9. The van der Waals surface area contributed by atoms with E-state index < -0.39 is 5.41 Å². The summed E-state index contributed by atoms with van der Waals surface area (Å²) in [5, 5.41) is 4.19. The fraction of sp³-hybridized carbons (Fsp3) is 0.0192. The first kappa shape index (κ1) is 31.7. The van der Waals surface area contributed by atoms with Gasteiger partial charge >= 0.3 is 0 Å². The molecule has 0 atom stereocenters. The van der Waals surface area contributed by atoms with Crippen LogP contribution in [0.25, 0.3) is 89.2 Å². The minimum Gasteiger partial charge on any atom is -0.456 e. The van der Waals surface area contributed by atoms with Crippen molar-refractivity contribution in [1.82, 2.24) is 15.0 Å². The van der Waals surface area contributed by atoms with Gasteiger partial charge in [0.25, 0.3) is 0 Å². The maximum atomic E-state index is 6.55. The number of rotatable bonds is 5. The molecule has 0 spiro atoms. The zero-order valence-electron chi connectivity index (χ0n) is 30.6. The normalized spacial score (nSPS) is 13.1. The molecule has 12 rings (SSSR count). The van der Waals surface area contributed by atoms with Gasteiger partial charge < -0.3 is 8.83 Å². The van der Waals surface area contributed by atoms with Crippen LogP contribution in [0.2, 0.25) is 0 Å². The van der Waals surface area contributed by atoms with Gasteiger partial charge in [0.05, 0.1) is 11.0 Å². The Balaban J connectivity index is 1.15. The third-order valence-electron chi connectivity index (χ3n) is 11.6. The number of para-hydroxylation sites is 3. The molecule has 8 aromatic carbocycles. The Labute approximate surface area is 327 Å². The number of hydrogen-bond acceptors (Lipinski definition) is 5. The Morgan fingerprint density at radius 3 is 1.65 bits per heavy atom. The van der Waals surface area contributed by atoms with Gasteiger partial charge in [-0.05, 0) is 63.7 Å². The summed E-state index contributed by atoms with van der Waals surface area (Å²) in [7, 11) is 0.